The van der Waals surface area contributed by atoms with Gasteiger partial charge in [0.15, 0.2) is 0 Å². The Morgan fingerprint density at radius 3 is 3.00 bits per heavy atom. The maximum absolute atomic E-state index is 10.8. The van der Waals surface area contributed by atoms with Crippen LogP contribution >= 0.6 is 11.8 Å². The van der Waals surface area contributed by atoms with Crippen LogP contribution in [0, 0.1) is 0 Å². The van der Waals surface area contributed by atoms with Crippen molar-refractivity contribution >= 4 is 17.7 Å². The number of hydrogen-bond donors (Lipinski definition) is 1. The Morgan fingerprint density at radius 1 is 1.47 bits per heavy atom. The normalized spacial score (nSPS) is 10.1. The number of carboxylic acid groups (broad SMARTS) is 1. The SMILES string of the molecule is C=CCCCCCSc1cc(C(=O)O)ccn1. The van der Waals surface area contributed by atoms with Crippen LogP contribution in [-0.4, -0.2) is 21.8 Å². The molecule has 0 bridgehead atoms. The van der Waals surface area contributed by atoms with Gasteiger partial charge in [-0.1, -0.05) is 12.5 Å². The van der Waals surface area contributed by atoms with Crippen molar-refractivity contribution in [2.45, 2.75) is 30.7 Å². The third-order valence-electron chi connectivity index (χ3n) is 2.28. The maximum Gasteiger partial charge on any atom is 0.335 e. The smallest absolute Gasteiger partial charge is 0.335 e. The summed E-state index contributed by atoms with van der Waals surface area (Å²) in [5, 5.41) is 9.62. The molecule has 0 atom stereocenters. The lowest BCUT2D eigenvalue weighted by Crippen LogP contribution is -1.96. The van der Waals surface area contributed by atoms with Crippen LogP contribution in [0.15, 0.2) is 36.0 Å². The number of unbranched alkanes of at least 4 members (excludes halogenated alkanes) is 3. The summed E-state index contributed by atoms with van der Waals surface area (Å²) >= 11 is 1.61. The Balaban J connectivity index is 2.29. The predicted molar refractivity (Wildman–Crippen MR) is 70.6 cm³/mol. The highest BCUT2D eigenvalue weighted by atomic mass is 32.2. The van der Waals surface area contributed by atoms with Gasteiger partial charge in [-0.25, -0.2) is 9.78 Å². The first-order valence-electron chi connectivity index (χ1n) is 5.67. The first kappa shape index (κ1) is 13.8. The zero-order valence-corrected chi connectivity index (χ0v) is 10.6. The minimum absolute atomic E-state index is 0.300. The number of hydrogen-bond acceptors (Lipinski definition) is 3. The van der Waals surface area contributed by atoms with Gasteiger partial charge in [0.1, 0.15) is 0 Å². The van der Waals surface area contributed by atoms with E-state index in [1.165, 1.54) is 18.9 Å². The number of aromatic nitrogens is 1. The average Bonchev–Trinajstić information content (AvgIpc) is 2.34. The van der Waals surface area contributed by atoms with Gasteiger partial charge in [-0.2, -0.15) is 0 Å². The second kappa shape index (κ2) is 7.90. The summed E-state index contributed by atoms with van der Waals surface area (Å²) in [5.41, 5.74) is 0.300. The molecule has 0 aliphatic heterocycles. The lowest BCUT2D eigenvalue weighted by Gasteiger charge is -2.01. The highest BCUT2D eigenvalue weighted by Crippen LogP contribution is 2.18. The molecule has 1 N–H and O–H groups in total. The Labute approximate surface area is 106 Å². The minimum Gasteiger partial charge on any atom is -0.478 e. The van der Waals surface area contributed by atoms with Gasteiger partial charge in [-0.05, 0) is 37.1 Å². The topological polar surface area (TPSA) is 50.2 Å². The van der Waals surface area contributed by atoms with Crippen molar-refractivity contribution in [3.05, 3.63) is 36.5 Å². The zero-order chi connectivity index (χ0) is 12.5. The molecule has 0 aliphatic carbocycles. The molecule has 0 saturated carbocycles. The third-order valence-corrected chi connectivity index (χ3v) is 3.30. The zero-order valence-electron chi connectivity index (χ0n) is 9.76. The van der Waals surface area contributed by atoms with E-state index in [2.05, 4.69) is 11.6 Å². The van der Waals surface area contributed by atoms with Crippen LogP contribution in [0.2, 0.25) is 0 Å². The third kappa shape index (κ3) is 5.54. The number of carbonyl (C=O) groups is 1. The summed E-state index contributed by atoms with van der Waals surface area (Å²) in [7, 11) is 0. The van der Waals surface area contributed by atoms with Crippen molar-refractivity contribution in [2.24, 2.45) is 0 Å². The molecular weight excluding hydrogens is 234 g/mol. The van der Waals surface area contributed by atoms with Crippen molar-refractivity contribution in [3.63, 3.8) is 0 Å². The Hall–Kier alpha value is -1.29. The molecule has 0 spiro atoms. The largest absolute Gasteiger partial charge is 0.478 e. The van der Waals surface area contributed by atoms with Crippen molar-refractivity contribution in [1.29, 1.82) is 0 Å². The Kier molecular flexibility index (Phi) is 6.40. The van der Waals surface area contributed by atoms with Gasteiger partial charge in [-0.3, -0.25) is 0 Å². The molecule has 1 rings (SSSR count). The van der Waals surface area contributed by atoms with E-state index >= 15 is 0 Å². The highest BCUT2D eigenvalue weighted by molar-refractivity contribution is 7.99. The molecular formula is C13H17NO2S. The van der Waals surface area contributed by atoms with E-state index in [1.54, 1.807) is 24.0 Å². The van der Waals surface area contributed by atoms with Crippen molar-refractivity contribution < 1.29 is 9.90 Å². The van der Waals surface area contributed by atoms with Gasteiger partial charge in [-0.15, -0.1) is 18.3 Å². The lowest BCUT2D eigenvalue weighted by atomic mass is 10.2. The molecule has 3 nitrogen and oxygen atoms in total. The van der Waals surface area contributed by atoms with Crippen LogP contribution in [0.3, 0.4) is 0 Å². The summed E-state index contributed by atoms with van der Waals surface area (Å²) in [6.07, 6.45) is 8.02. The van der Waals surface area contributed by atoms with E-state index in [-0.39, 0.29) is 0 Å². The number of allylic oxidation sites excluding steroid dienone is 1. The van der Waals surface area contributed by atoms with E-state index in [9.17, 15) is 4.79 Å². The summed E-state index contributed by atoms with van der Waals surface area (Å²) in [5.74, 6) is 0.0768. The maximum atomic E-state index is 10.8. The van der Waals surface area contributed by atoms with Gasteiger partial charge in [0.2, 0.25) is 0 Å². The number of carboxylic acids is 1. The van der Waals surface area contributed by atoms with Gasteiger partial charge < -0.3 is 5.11 Å². The predicted octanol–water partition coefficient (Wildman–Crippen LogP) is 3.62. The molecule has 1 aromatic rings. The number of aromatic carboxylic acids is 1. The molecule has 92 valence electrons. The minimum atomic E-state index is -0.903. The van der Waals surface area contributed by atoms with E-state index in [0.29, 0.717) is 5.56 Å². The highest BCUT2D eigenvalue weighted by Gasteiger charge is 2.04. The van der Waals surface area contributed by atoms with E-state index in [1.807, 2.05) is 6.08 Å². The first-order chi connectivity index (χ1) is 8.24. The number of thioether (sulfide) groups is 1. The van der Waals surface area contributed by atoms with Gasteiger partial charge in [0, 0.05) is 6.20 Å². The molecule has 17 heavy (non-hydrogen) atoms. The van der Waals surface area contributed by atoms with Gasteiger partial charge in [0.25, 0.3) is 0 Å². The quantitative estimate of drug-likeness (QED) is 0.435. The van der Waals surface area contributed by atoms with Crippen molar-refractivity contribution in [1.82, 2.24) is 4.98 Å². The summed E-state index contributed by atoms with van der Waals surface area (Å²) in [6.45, 7) is 3.68. The van der Waals surface area contributed by atoms with Crippen LogP contribution in [0.1, 0.15) is 36.0 Å². The van der Waals surface area contributed by atoms with Crippen molar-refractivity contribution in [2.75, 3.05) is 5.75 Å². The second-order valence-electron chi connectivity index (χ2n) is 3.67. The fraction of sp³-hybridized carbons (Fsp3) is 0.385. The van der Waals surface area contributed by atoms with Crippen LogP contribution in [-0.2, 0) is 0 Å². The van der Waals surface area contributed by atoms with Gasteiger partial charge >= 0.3 is 5.97 Å². The first-order valence-corrected chi connectivity index (χ1v) is 6.65. The molecule has 0 radical (unpaired) electrons. The molecule has 0 saturated heterocycles. The molecule has 0 aliphatic rings. The molecule has 4 heteroatoms. The molecule has 1 heterocycles. The Morgan fingerprint density at radius 2 is 2.29 bits per heavy atom. The van der Waals surface area contributed by atoms with Crippen LogP contribution < -0.4 is 0 Å². The summed E-state index contributed by atoms with van der Waals surface area (Å²) < 4.78 is 0. The molecule has 1 aromatic heterocycles. The molecule has 0 aromatic carbocycles. The van der Waals surface area contributed by atoms with Crippen LogP contribution in [0.25, 0.3) is 0 Å². The number of rotatable bonds is 8. The molecule has 0 amide bonds. The summed E-state index contributed by atoms with van der Waals surface area (Å²) in [4.78, 5) is 14.9. The monoisotopic (exact) mass is 251 g/mol. The fourth-order valence-corrected chi connectivity index (χ4v) is 2.27. The second-order valence-corrected chi connectivity index (χ2v) is 4.79. The number of pyridine rings is 1. The van der Waals surface area contributed by atoms with E-state index < -0.39 is 5.97 Å². The Bertz CT molecular complexity index is 379. The van der Waals surface area contributed by atoms with Crippen LogP contribution in [0.4, 0.5) is 0 Å². The van der Waals surface area contributed by atoms with E-state index in [4.69, 9.17) is 5.11 Å². The molecule has 0 unspecified atom stereocenters. The standard InChI is InChI=1S/C13H17NO2S/c1-2-3-4-5-6-9-17-12-10-11(13(15)16)7-8-14-12/h2,7-8,10H,1,3-6,9H2,(H,15,16). The van der Waals surface area contributed by atoms with Gasteiger partial charge in [0.05, 0.1) is 10.6 Å². The number of nitrogens with zero attached hydrogens (tertiary/aromatic N) is 1. The lowest BCUT2D eigenvalue weighted by molar-refractivity contribution is 0.0696. The van der Waals surface area contributed by atoms with Crippen molar-refractivity contribution in [3.8, 4) is 0 Å². The fourth-order valence-electron chi connectivity index (χ4n) is 1.37. The van der Waals surface area contributed by atoms with Crippen LogP contribution in [0.5, 0.6) is 0 Å². The average molecular weight is 251 g/mol. The van der Waals surface area contributed by atoms with E-state index in [0.717, 1.165) is 23.6 Å². The molecule has 0 fully saturated rings. The summed E-state index contributed by atoms with van der Waals surface area (Å²) in [6, 6.07) is 3.13.